The first-order valence-corrected chi connectivity index (χ1v) is 9.27. The van der Waals surface area contributed by atoms with Crippen molar-refractivity contribution in [1.29, 1.82) is 0 Å². The van der Waals surface area contributed by atoms with Crippen LogP contribution in [0.5, 0.6) is 0 Å². The van der Waals surface area contributed by atoms with Crippen LogP contribution in [-0.4, -0.2) is 61.8 Å². The molecule has 7 nitrogen and oxygen atoms in total. The Balaban J connectivity index is 1.60. The van der Waals surface area contributed by atoms with Gasteiger partial charge < -0.3 is 23.7 Å². The highest BCUT2D eigenvalue weighted by Gasteiger charge is 2.90. The molecule has 6 bridgehead atoms. The normalized spacial score (nSPS) is 59.1. The predicted octanol–water partition coefficient (Wildman–Crippen LogP) is 0.441. The summed E-state index contributed by atoms with van der Waals surface area (Å²) < 4.78 is 29.3. The Hall–Kier alpha value is -1.18. The van der Waals surface area contributed by atoms with Crippen molar-refractivity contribution in [3.05, 3.63) is 0 Å². The minimum absolute atomic E-state index is 0.0549. The highest BCUT2D eigenvalue weighted by Crippen LogP contribution is 2.75. The van der Waals surface area contributed by atoms with Gasteiger partial charge in [-0.25, -0.2) is 9.59 Å². The van der Waals surface area contributed by atoms with Crippen molar-refractivity contribution < 1.29 is 33.3 Å². The van der Waals surface area contributed by atoms with Crippen LogP contribution in [0.3, 0.4) is 0 Å². The topological polar surface area (TPSA) is 80.3 Å². The van der Waals surface area contributed by atoms with E-state index < -0.39 is 11.2 Å². The summed E-state index contributed by atoms with van der Waals surface area (Å²) in [5.74, 6) is -1.37. The zero-order valence-electron chi connectivity index (χ0n) is 14.3. The van der Waals surface area contributed by atoms with Crippen LogP contribution in [-0.2, 0) is 33.3 Å². The summed E-state index contributed by atoms with van der Waals surface area (Å²) in [5, 5.41) is 0. The molecule has 6 rings (SSSR count). The number of methoxy groups -OCH3 is 2. The average molecular weight is 350 g/mol. The fraction of sp³-hybridized carbons (Fsp3) is 0.889. The number of hydrogen-bond acceptors (Lipinski definition) is 7. The summed E-state index contributed by atoms with van der Waals surface area (Å²) in [5.41, 5.74) is -2.28. The molecule has 8 atom stereocenters. The molecule has 0 aromatic carbocycles. The molecule has 0 aromatic heterocycles. The molecule has 0 aliphatic carbocycles. The molecule has 0 radical (unpaired) electrons. The van der Waals surface area contributed by atoms with E-state index >= 15 is 0 Å². The highest BCUT2D eigenvalue weighted by atomic mass is 16.6. The third-order valence-corrected chi connectivity index (χ3v) is 7.87. The maximum atomic E-state index is 13.1. The van der Waals surface area contributed by atoms with Crippen LogP contribution < -0.4 is 0 Å². The number of ether oxygens (including phenoxy) is 5. The molecule has 0 spiro atoms. The summed E-state index contributed by atoms with van der Waals surface area (Å²) in [6.07, 6.45) is 3.38. The van der Waals surface area contributed by atoms with Crippen LogP contribution in [0.2, 0.25) is 0 Å². The zero-order valence-corrected chi connectivity index (χ0v) is 14.3. The van der Waals surface area contributed by atoms with Crippen molar-refractivity contribution in [1.82, 2.24) is 0 Å². The molecule has 0 amide bonds. The van der Waals surface area contributed by atoms with Gasteiger partial charge >= 0.3 is 11.9 Å². The number of esters is 2. The summed E-state index contributed by atoms with van der Waals surface area (Å²) in [4.78, 5) is 26.1. The molecule has 25 heavy (non-hydrogen) atoms. The highest BCUT2D eigenvalue weighted by molar-refractivity contribution is 5.90. The minimum Gasteiger partial charge on any atom is -0.467 e. The second-order valence-electron chi connectivity index (χ2n) is 8.36. The lowest BCUT2D eigenvalue weighted by Crippen LogP contribution is -2.63. The van der Waals surface area contributed by atoms with Crippen LogP contribution in [0, 0.1) is 23.7 Å². The Morgan fingerprint density at radius 2 is 1.04 bits per heavy atom. The van der Waals surface area contributed by atoms with E-state index in [0.717, 1.165) is 25.7 Å². The van der Waals surface area contributed by atoms with Gasteiger partial charge in [0.05, 0.1) is 38.6 Å². The molecule has 0 saturated carbocycles. The number of fused-ring (bicyclic) bond motifs is 16. The average Bonchev–Trinajstić information content (AvgIpc) is 3.44. The van der Waals surface area contributed by atoms with Crippen LogP contribution >= 0.6 is 0 Å². The van der Waals surface area contributed by atoms with Crippen molar-refractivity contribution in [2.45, 2.75) is 61.3 Å². The molecule has 6 aliphatic heterocycles. The quantitative estimate of drug-likeness (QED) is 0.669. The Morgan fingerprint density at radius 3 is 1.32 bits per heavy atom. The van der Waals surface area contributed by atoms with Gasteiger partial charge in [0.1, 0.15) is 0 Å². The van der Waals surface area contributed by atoms with Crippen molar-refractivity contribution in [2.75, 3.05) is 14.2 Å². The van der Waals surface area contributed by atoms with Crippen molar-refractivity contribution in [2.24, 2.45) is 23.7 Å². The molecule has 136 valence electrons. The minimum atomic E-state index is -1.14. The van der Waals surface area contributed by atoms with E-state index in [4.69, 9.17) is 23.7 Å². The van der Waals surface area contributed by atoms with Gasteiger partial charge in [-0.3, -0.25) is 0 Å². The summed E-state index contributed by atoms with van der Waals surface area (Å²) >= 11 is 0. The molecule has 6 fully saturated rings. The van der Waals surface area contributed by atoms with Gasteiger partial charge in [-0.15, -0.1) is 0 Å². The largest absolute Gasteiger partial charge is 0.467 e. The van der Waals surface area contributed by atoms with Gasteiger partial charge in [-0.05, 0) is 25.7 Å². The predicted molar refractivity (Wildman–Crippen MR) is 80.3 cm³/mol. The number of carbonyl (C=O) groups is 2. The molecular formula is C18H22O7. The van der Waals surface area contributed by atoms with Crippen molar-refractivity contribution in [3.8, 4) is 0 Å². The third-order valence-electron chi connectivity index (χ3n) is 7.87. The first-order chi connectivity index (χ1) is 12.1. The summed E-state index contributed by atoms with van der Waals surface area (Å²) in [7, 11) is 2.78. The second kappa shape index (κ2) is 4.38. The van der Waals surface area contributed by atoms with E-state index in [1.165, 1.54) is 14.2 Å². The summed E-state index contributed by atoms with van der Waals surface area (Å²) in [6.45, 7) is 0. The van der Waals surface area contributed by atoms with Crippen LogP contribution in [0.25, 0.3) is 0 Å². The lowest BCUT2D eigenvalue weighted by molar-refractivity contribution is -0.195. The molecule has 7 heteroatoms. The molecule has 6 saturated heterocycles. The SMILES string of the molecule is COC(=O)C12OC(C(=O)OC)(C3C4CCC(O4)C31)C1C3CCC(O3)C12. The molecule has 0 N–H and O–H groups in total. The van der Waals surface area contributed by atoms with Gasteiger partial charge in [0.2, 0.25) is 0 Å². The number of rotatable bonds is 2. The van der Waals surface area contributed by atoms with Crippen LogP contribution in [0.15, 0.2) is 0 Å². The zero-order chi connectivity index (χ0) is 17.1. The van der Waals surface area contributed by atoms with Gasteiger partial charge in [-0.1, -0.05) is 0 Å². The van der Waals surface area contributed by atoms with Crippen LogP contribution in [0.4, 0.5) is 0 Å². The smallest absolute Gasteiger partial charge is 0.339 e. The Morgan fingerprint density at radius 1 is 0.720 bits per heavy atom. The molecule has 6 aliphatic rings. The van der Waals surface area contributed by atoms with Crippen molar-refractivity contribution in [3.63, 3.8) is 0 Å². The lowest BCUT2D eigenvalue weighted by Gasteiger charge is -2.46. The van der Waals surface area contributed by atoms with Gasteiger partial charge in [-0.2, -0.15) is 0 Å². The first-order valence-electron chi connectivity index (χ1n) is 9.27. The summed E-state index contributed by atoms with van der Waals surface area (Å²) in [6, 6.07) is 0. The number of carbonyl (C=O) groups excluding carboxylic acids is 2. The molecule has 8 unspecified atom stereocenters. The Labute approximate surface area is 145 Å². The standard InChI is InChI=1S/C18H22O7/c1-21-15(19)17-11-7-3-5-9(23-7)13(11)18(25-17,16(20)22-2)14-10-6-4-8(24-10)12(14)17/h7-14H,3-6H2,1-2H3. The van der Waals surface area contributed by atoms with Crippen molar-refractivity contribution >= 4 is 11.9 Å². The Bertz CT molecular complexity index is 586. The molecular weight excluding hydrogens is 328 g/mol. The first kappa shape index (κ1) is 14.9. The molecule has 6 heterocycles. The maximum Gasteiger partial charge on any atom is 0.339 e. The van der Waals surface area contributed by atoms with E-state index in [0.29, 0.717) is 0 Å². The Kier molecular flexibility index (Phi) is 2.61. The van der Waals surface area contributed by atoms with E-state index in [2.05, 4.69) is 0 Å². The van der Waals surface area contributed by atoms with Gasteiger partial charge in [0, 0.05) is 23.7 Å². The van der Waals surface area contributed by atoms with E-state index in [1.54, 1.807) is 0 Å². The fourth-order valence-electron chi connectivity index (χ4n) is 7.47. The van der Waals surface area contributed by atoms with E-state index in [-0.39, 0.29) is 60.0 Å². The van der Waals surface area contributed by atoms with Gasteiger partial charge in [0.25, 0.3) is 0 Å². The third kappa shape index (κ3) is 1.31. The van der Waals surface area contributed by atoms with E-state index in [9.17, 15) is 9.59 Å². The lowest BCUT2D eigenvalue weighted by atomic mass is 9.50. The monoisotopic (exact) mass is 350 g/mol. The van der Waals surface area contributed by atoms with Crippen LogP contribution in [0.1, 0.15) is 25.7 Å². The fourth-order valence-corrected chi connectivity index (χ4v) is 7.47. The number of hydrogen-bond donors (Lipinski definition) is 0. The molecule has 0 aromatic rings. The van der Waals surface area contributed by atoms with E-state index in [1.807, 2.05) is 0 Å². The second-order valence-corrected chi connectivity index (χ2v) is 8.36. The maximum absolute atomic E-state index is 13.1. The van der Waals surface area contributed by atoms with Gasteiger partial charge in [0.15, 0.2) is 11.2 Å².